The standard InChI is InChI=1S/C23H18ClN3O3S/c24-16-5-1-4-15(10-16)11-22-26-19(14-31-22)13-21(28)25-17-6-2-7-18(12-17)27-23(29)20-8-3-9-30-20/h1-10,12,14H,11,13H2,(H,25,28)(H,27,29). The van der Waals surface area contributed by atoms with Crippen LogP contribution in [-0.4, -0.2) is 16.8 Å². The van der Waals surface area contributed by atoms with E-state index in [1.54, 1.807) is 36.4 Å². The molecule has 31 heavy (non-hydrogen) atoms. The Morgan fingerprint density at radius 1 is 1.00 bits per heavy atom. The van der Waals surface area contributed by atoms with E-state index in [0.29, 0.717) is 28.5 Å². The topological polar surface area (TPSA) is 84.2 Å². The van der Waals surface area contributed by atoms with E-state index in [0.717, 1.165) is 10.6 Å². The molecule has 0 saturated heterocycles. The van der Waals surface area contributed by atoms with Crippen molar-refractivity contribution >= 4 is 46.1 Å². The molecule has 0 radical (unpaired) electrons. The summed E-state index contributed by atoms with van der Waals surface area (Å²) in [6, 6.07) is 17.8. The SMILES string of the molecule is O=C(Cc1csc(Cc2cccc(Cl)c2)n1)Nc1cccc(NC(=O)c2ccco2)c1. The molecule has 2 aromatic carbocycles. The first-order valence-corrected chi connectivity index (χ1v) is 10.7. The molecule has 4 rings (SSSR count). The average Bonchev–Trinajstić information content (AvgIpc) is 3.41. The average molecular weight is 452 g/mol. The zero-order valence-electron chi connectivity index (χ0n) is 16.3. The maximum Gasteiger partial charge on any atom is 0.291 e. The molecule has 4 aromatic rings. The molecule has 2 aromatic heterocycles. The Hall–Kier alpha value is -3.42. The van der Waals surface area contributed by atoms with Crippen molar-refractivity contribution in [3.63, 3.8) is 0 Å². The van der Waals surface area contributed by atoms with Gasteiger partial charge in [0.2, 0.25) is 5.91 Å². The lowest BCUT2D eigenvalue weighted by molar-refractivity contribution is -0.115. The van der Waals surface area contributed by atoms with Crippen molar-refractivity contribution in [2.75, 3.05) is 10.6 Å². The summed E-state index contributed by atoms with van der Waals surface area (Å²) in [7, 11) is 0. The molecular weight excluding hydrogens is 434 g/mol. The van der Waals surface area contributed by atoms with Gasteiger partial charge in [-0.2, -0.15) is 0 Å². The molecule has 0 aliphatic rings. The van der Waals surface area contributed by atoms with E-state index in [4.69, 9.17) is 16.0 Å². The Balaban J connectivity index is 1.34. The lowest BCUT2D eigenvalue weighted by Gasteiger charge is -2.08. The molecule has 2 amide bonds. The first-order valence-electron chi connectivity index (χ1n) is 9.48. The number of rotatable bonds is 7. The summed E-state index contributed by atoms with van der Waals surface area (Å²) in [5, 5.41) is 9.08. The highest BCUT2D eigenvalue weighted by Crippen LogP contribution is 2.19. The van der Waals surface area contributed by atoms with E-state index >= 15 is 0 Å². The van der Waals surface area contributed by atoms with Gasteiger partial charge in [0.15, 0.2) is 5.76 Å². The van der Waals surface area contributed by atoms with E-state index in [1.807, 2.05) is 29.6 Å². The predicted octanol–water partition coefficient (Wildman–Crippen LogP) is 5.41. The fourth-order valence-corrected chi connectivity index (χ4v) is 4.02. The number of carbonyl (C=O) groups excluding carboxylic acids is 2. The Bertz CT molecular complexity index is 1200. The van der Waals surface area contributed by atoms with Gasteiger partial charge in [0, 0.05) is 28.2 Å². The number of carbonyl (C=O) groups is 2. The van der Waals surface area contributed by atoms with Gasteiger partial charge in [-0.05, 0) is 48.0 Å². The largest absolute Gasteiger partial charge is 0.459 e. The Kier molecular flexibility index (Phi) is 6.45. The molecular formula is C23H18ClN3O3S. The molecule has 2 N–H and O–H groups in total. The number of hydrogen-bond acceptors (Lipinski definition) is 5. The summed E-state index contributed by atoms with van der Waals surface area (Å²) in [5.74, 6) is -0.330. The fraction of sp³-hybridized carbons (Fsp3) is 0.0870. The quantitative estimate of drug-likeness (QED) is 0.393. The maximum atomic E-state index is 12.4. The number of anilines is 2. The summed E-state index contributed by atoms with van der Waals surface area (Å²) in [6.45, 7) is 0. The number of nitrogens with zero attached hydrogens (tertiary/aromatic N) is 1. The second-order valence-corrected chi connectivity index (χ2v) is 8.16. The maximum absolute atomic E-state index is 12.4. The summed E-state index contributed by atoms with van der Waals surface area (Å²) in [6.07, 6.45) is 2.27. The monoisotopic (exact) mass is 451 g/mol. The lowest BCUT2D eigenvalue weighted by Crippen LogP contribution is -2.15. The number of nitrogens with one attached hydrogen (secondary N) is 2. The highest BCUT2D eigenvalue weighted by molar-refractivity contribution is 7.09. The van der Waals surface area contributed by atoms with Crippen LogP contribution in [0.15, 0.2) is 76.7 Å². The third kappa shape index (κ3) is 5.81. The first-order chi connectivity index (χ1) is 15.0. The van der Waals surface area contributed by atoms with Crippen LogP contribution in [0.2, 0.25) is 5.02 Å². The highest BCUT2D eigenvalue weighted by atomic mass is 35.5. The van der Waals surface area contributed by atoms with Crippen LogP contribution >= 0.6 is 22.9 Å². The smallest absolute Gasteiger partial charge is 0.291 e. The molecule has 2 heterocycles. The summed E-state index contributed by atoms with van der Waals surface area (Å²) >= 11 is 7.55. The minimum absolute atomic E-state index is 0.162. The summed E-state index contributed by atoms with van der Waals surface area (Å²) < 4.78 is 5.08. The zero-order chi connectivity index (χ0) is 21.6. The number of thiazole rings is 1. The van der Waals surface area contributed by atoms with Crippen LogP contribution in [0.5, 0.6) is 0 Å². The molecule has 8 heteroatoms. The molecule has 0 aliphatic carbocycles. The minimum Gasteiger partial charge on any atom is -0.459 e. The first kappa shape index (κ1) is 20.8. The van der Waals surface area contributed by atoms with Crippen molar-refractivity contribution in [3.8, 4) is 0 Å². The van der Waals surface area contributed by atoms with Gasteiger partial charge in [0.05, 0.1) is 23.4 Å². The van der Waals surface area contributed by atoms with Gasteiger partial charge in [0.25, 0.3) is 5.91 Å². The number of hydrogen-bond donors (Lipinski definition) is 2. The van der Waals surface area contributed by atoms with Gasteiger partial charge in [-0.1, -0.05) is 29.8 Å². The summed E-state index contributed by atoms with van der Waals surface area (Å²) in [4.78, 5) is 29.1. The van der Waals surface area contributed by atoms with Crippen LogP contribution in [0.1, 0.15) is 26.8 Å². The number of benzene rings is 2. The highest BCUT2D eigenvalue weighted by Gasteiger charge is 2.11. The van der Waals surface area contributed by atoms with Gasteiger partial charge >= 0.3 is 0 Å². The second-order valence-electron chi connectivity index (χ2n) is 6.78. The third-order valence-electron chi connectivity index (χ3n) is 4.33. The molecule has 0 unspecified atom stereocenters. The van der Waals surface area contributed by atoms with E-state index < -0.39 is 0 Å². The van der Waals surface area contributed by atoms with Crippen LogP contribution in [0.4, 0.5) is 11.4 Å². The van der Waals surface area contributed by atoms with E-state index in [2.05, 4.69) is 15.6 Å². The van der Waals surface area contributed by atoms with Crippen LogP contribution < -0.4 is 10.6 Å². The summed E-state index contributed by atoms with van der Waals surface area (Å²) in [5.41, 5.74) is 2.92. The molecule has 156 valence electrons. The van der Waals surface area contributed by atoms with E-state index in [1.165, 1.54) is 17.6 Å². The number of aromatic nitrogens is 1. The molecule has 0 aliphatic heterocycles. The number of furan rings is 1. The number of halogens is 1. The molecule has 0 saturated carbocycles. The number of amides is 2. The molecule has 0 fully saturated rings. The molecule has 0 spiro atoms. The van der Waals surface area contributed by atoms with Crippen LogP contribution in [-0.2, 0) is 17.6 Å². The van der Waals surface area contributed by atoms with Crippen molar-refractivity contribution in [1.82, 2.24) is 4.98 Å². The van der Waals surface area contributed by atoms with Crippen LogP contribution in [0, 0.1) is 0 Å². The van der Waals surface area contributed by atoms with Crippen LogP contribution in [0.3, 0.4) is 0 Å². The van der Waals surface area contributed by atoms with Crippen molar-refractivity contribution in [2.45, 2.75) is 12.8 Å². The third-order valence-corrected chi connectivity index (χ3v) is 5.47. The van der Waals surface area contributed by atoms with Crippen molar-refractivity contribution < 1.29 is 14.0 Å². The van der Waals surface area contributed by atoms with Crippen LogP contribution in [0.25, 0.3) is 0 Å². The van der Waals surface area contributed by atoms with Crippen molar-refractivity contribution in [3.05, 3.63) is 99.4 Å². The van der Waals surface area contributed by atoms with Crippen molar-refractivity contribution in [2.24, 2.45) is 0 Å². The van der Waals surface area contributed by atoms with Gasteiger partial charge in [-0.15, -0.1) is 11.3 Å². The van der Waals surface area contributed by atoms with E-state index in [9.17, 15) is 9.59 Å². The Labute approximate surface area is 187 Å². The Morgan fingerprint density at radius 2 is 1.81 bits per heavy atom. The zero-order valence-corrected chi connectivity index (χ0v) is 17.9. The minimum atomic E-state index is -0.358. The predicted molar refractivity (Wildman–Crippen MR) is 122 cm³/mol. The van der Waals surface area contributed by atoms with Gasteiger partial charge < -0.3 is 15.1 Å². The molecule has 0 bridgehead atoms. The second kappa shape index (κ2) is 9.59. The van der Waals surface area contributed by atoms with Gasteiger partial charge in [0.1, 0.15) is 0 Å². The fourth-order valence-electron chi connectivity index (χ4n) is 2.98. The Morgan fingerprint density at radius 3 is 2.58 bits per heavy atom. The molecule has 0 atom stereocenters. The normalized spacial score (nSPS) is 10.6. The van der Waals surface area contributed by atoms with Gasteiger partial charge in [-0.25, -0.2) is 4.98 Å². The lowest BCUT2D eigenvalue weighted by atomic mass is 10.2. The molecule has 6 nitrogen and oxygen atoms in total. The van der Waals surface area contributed by atoms with Crippen molar-refractivity contribution in [1.29, 1.82) is 0 Å². The van der Waals surface area contributed by atoms with Gasteiger partial charge in [-0.3, -0.25) is 9.59 Å². The van der Waals surface area contributed by atoms with E-state index in [-0.39, 0.29) is 24.0 Å².